The van der Waals surface area contributed by atoms with E-state index in [1.54, 1.807) is 13.2 Å². The molecule has 4 heteroatoms. The number of nitrogens with zero attached hydrogens (tertiary/aromatic N) is 2. The van der Waals surface area contributed by atoms with Crippen molar-refractivity contribution in [3.63, 3.8) is 0 Å². The molecule has 1 aromatic rings. The number of anilines is 2. The second-order valence-corrected chi connectivity index (χ2v) is 3.98. The fourth-order valence-corrected chi connectivity index (χ4v) is 2.00. The molecule has 16 heavy (non-hydrogen) atoms. The quantitative estimate of drug-likeness (QED) is 0.760. The molecule has 0 spiro atoms. The summed E-state index contributed by atoms with van der Waals surface area (Å²) < 4.78 is 5.31. The van der Waals surface area contributed by atoms with Crippen molar-refractivity contribution in [3.05, 3.63) is 23.8 Å². The number of nitrogen functional groups attached to an aromatic ring is 1. The summed E-state index contributed by atoms with van der Waals surface area (Å²) in [6, 6.07) is 7.63. The van der Waals surface area contributed by atoms with Crippen LogP contribution in [0.1, 0.15) is 12.0 Å². The zero-order chi connectivity index (χ0) is 11.5. The van der Waals surface area contributed by atoms with Crippen molar-refractivity contribution < 1.29 is 4.74 Å². The maximum atomic E-state index is 8.79. The molecule has 1 aliphatic heterocycles. The molecule has 2 N–H and O–H groups in total. The van der Waals surface area contributed by atoms with Gasteiger partial charge >= 0.3 is 0 Å². The molecule has 1 atom stereocenters. The van der Waals surface area contributed by atoms with Crippen molar-refractivity contribution in [1.82, 2.24) is 0 Å². The van der Waals surface area contributed by atoms with E-state index in [0.29, 0.717) is 17.4 Å². The van der Waals surface area contributed by atoms with Crippen LogP contribution < -0.4 is 10.6 Å². The number of rotatable bonds is 2. The van der Waals surface area contributed by atoms with E-state index in [9.17, 15) is 0 Å². The number of hydrogen-bond donors (Lipinski definition) is 1. The van der Waals surface area contributed by atoms with E-state index in [0.717, 1.165) is 25.2 Å². The number of nitrogens with two attached hydrogens (primary N) is 1. The molecule has 0 amide bonds. The summed E-state index contributed by atoms with van der Waals surface area (Å²) in [5.74, 6) is 0. The molecule has 1 aromatic carbocycles. The number of methoxy groups -OCH3 is 1. The van der Waals surface area contributed by atoms with Crippen LogP contribution >= 0.6 is 0 Å². The minimum atomic E-state index is 0.303. The second-order valence-electron chi connectivity index (χ2n) is 3.98. The molecule has 1 fully saturated rings. The zero-order valence-corrected chi connectivity index (χ0v) is 9.31. The van der Waals surface area contributed by atoms with Gasteiger partial charge in [-0.1, -0.05) is 0 Å². The van der Waals surface area contributed by atoms with Crippen molar-refractivity contribution >= 4 is 11.4 Å². The van der Waals surface area contributed by atoms with Crippen molar-refractivity contribution in [2.24, 2.45) is 0 Å². The Morgan fingerprint density at radius 2 is 2.38 bits per heavy atom. The number of nitriles is 1. The van der Waals surface area contributed by atoms with Crippen molar-refractivity contribution in [2.75, 3.05) is 30.8 Å². The Morgan fingerprint density at radius 3 is 2.94 bits per heavy atom. The lowest BCUT2D eigenvalue weighted by Crippen LogP contribution is -2.22. The maximum Gasteiger partial charge on any atom is 0.101 e. The predicted octanol–water partition coefficient (Wildman–Crippen LogP) is 1.37. The minimum Gasteiger partial charge on any atom is -0.398 e. The van der Waals surface area contributed by atoms with Crippen LogP contribution in [0.2, 0.25) is 0 Å². The van der Waals surface area contributed by atoms with Gasteiger partial charge in [-0.3, -0.25) is 0 Å². The second kappa shape index (κ2) is 4.42. The van der Waals surface area contributed by atoms with E-state index in [-0.39, 0.29) is 0 Å². The molecule has 1 unspecified atom stereocenters. The van der Waals surface area contributed by atoms with E-state index in [2.05, 4.69) is 11.0 Å². The highest BCUT2D eigenvalue weighted by atomic mass is 16.5. The molecule has 1 heterocycles. The molecular formula is C12H15N3O. The Bertz CT molecular complexity index is 425. The summed E-state index contributed by atoms with van der Waals surface area (Å²) in [7, 11) is 1.74. The Balaban J connectivity index is 2.17. The summed E-state index contributed by atoms with van der Waals surface area (Å²) in [4.78, 5) is 2.23. The average Bonchev–Trinajstić information content (AvgIpc) is 2.77. The predicted molar refractivity (Wildman–Crippen MR) is 63.2 cm³/mol. The third kappa shape index (κ3) is 1.95. The minimum absolute atomic E-state index is 0.303. The van der Waals surface area contributed by atoms with Gasteiger partial charge in [-0.2, -0.15) is 5.26 Å². The van der Waals surface area contributed by atoms with Crippen molar-refractivity contribution in [2.45, 2.75) is 12.5 Å². The Hall–Kier alpha value is -1.73. The van der Waals surface area contributed by atoms with Gasteiger partial charge in [-0.05, 0) is 24.6 Å². The highest BCUT2D eigenvalue weighted by Crippen LogP contribution is 2.25. The lowest BCUT2D eigenvalue weighted by atomic mass is 10.1. The van der Waals surface area contributed by atoms with Gasteiger partial charge in [0, 0.05) is 25.9 Å². The van der Waals surface area contributed by atoms with E-state index >= 15 is 0 Å². The topological polar surface area (TPSA) is 62.3 Å². The molecular weight excluding hydrogens is 202 g/mol. The molecule has 0 aromatic heterocycles. The molecule has 4 nitrogen and oxygen atoms in total. The third-order valence-electron chi connectivity index (χ3n) is 3.00. The van der Waals surface area contributed by atoms with Gasteiger partial charge < -0.3 is 15.4 Å². The van der Waals surface area contributed by atoms with Crippen LogP contribution in [0.25, 0.3) is 0 Å². The molecule has 1 saturated heterocycles. The average molecular weight is 217 g/mol. The Labute approximate surface area is 95.2 Å². The summed E-state index contributed by atoms with van der Waals surface area (Å²) in [6.45, 7) is 1.87. The van der Waals surface area contributed by atoms with Gasteiger partial charge in [0.15, 0.2) is 0 Å². The van der Waals surface area contributed by atoms with Gasteiger partial charge in [0.05, 0.1) is 17.4 Å². The van der Waals surface area contributed by atoms with E-state index in [4.69, 9.17) is 15.7 Å². The Morgan fingerprint density at radius 1 is 1.56 bits per heavy atom. The van der Waals surface area contributed by atoms with Crippen LogP contribution in [0.15, 0.2) is 18.2 Å². The summed E-state index contributed by atoms with van der Waals surface area (Å²) in [5, 5.41) is 8.79. The first-order valence-corrected chi connectivity index (χ1v) is 5.32. The number of hydrogen-bond acceptors (Lipinski definition) is 4. The number of benzene rings is 1. The van der Waals surface area contributed by atoms with Gasteiger partial charge in [-0.25, -0.2) is 0 Å². The smallest absolute Gasteiger partial charge is 0.101 e. The van der Waals surface area contributed by atoms with Crippen LogP contribution in [0, 0.1) is 11.3 Å². The van der Waals surface area contributed by atoms with Crippen LogP contribution in [0.5, 0.6) is 0 Å². The molecule has 0 saturated carbocycles. The fourth-order valence-electron chi connectivity index (χ4n) is 2.00. The van der Waals surface area contributed by atoms with Crippen molar-refractivity contribution in [3.8, 4) is 6.07 Å². The summed E-state index contributed by atoms with van der Waals surface area (Å²) in [6.07, 6.45) is 1.34. The van der Waals surface area contributed by atoms with Crippen LogP contribution in [0.4, 0.5) is 11.4 Å². The van der Waals surface area contributed by atoms with Crippen LogP contribution in [0.3, 0.4) is 0 Å². The van der Waals surface area contributed by atoms with Gasteiger partial charge in [0.1, 0.15) is 6.07 Å². The SMILES string of the molecule is COC1CCN(c2ccc(C#N)c(N)c2)C1. The maximum absolute atomic E-state index is 8.79. The lowest BCUT2D eigenvalue weighted by molar-refractivity contribution is 0.121. The Kier molecular flexibility index (Phi) is 2.97. The standard InChI is InChI=1S/C12H15N3O/c1-16-11-4-5-15(8-11)10-3-2-9(7-13)12(14)6-10/h2-3,6,11H,4-5,8,14H2,1H3. The first-order valence-electron chi connectivity index (χ1n) is 5.32. The molecule has 84 valence electrons. The highest BCUT2D eigenvalue weighted by Gasteiger charge is 2.22. The first-order chi connectivity index (χ1) is 7.74. The molecule has 0 bridgehead atoms. The zero-order valence-electron chi connectivity index (χ0n) is 9.31. The van der Waals surface area contributed by atoms with E-state index in [1.165, 1.54) is 0 Å². The normalized spacial score (nSPS) is 19.8. The van der Waals surface area contributed by atoms with Gasteiger partial charge in [0.25, 0.3) is 0 Å². The van der Waals surface area contributed by atoms with Gasteiger partial charge in [0.2, 0.25) is 0 Å². The molecule has 0 radical (unpaired) electrons. The monoisotopic (exact) mass is 217 g/mol. The fraction of sp³-hybridized carbons (Fsp3) is 0.417. The largest absolute Gasteiger partial charge is 0.398 e. The third-order valence-corrected chi connectivity index (χ3v) is 3.00. The molecule has 1 aliphatic rings. The van der Waals surface area contributed by atoms with Crippen molar-refractivity contribution in [1.29, 1.82) is 5.26 Å². The van der Waals surface area contributed by atoms with Crippen LogP contribution in [-0.2, 0) is 4.74 Å². The highest BCUT2D eigenvalue weighted by molar-refractivity contribution is 5.63. The van der Waals surface area contributed by atoms with E-state index in [1.807, 2.05) is 12.1 Å². The lowest BCUT2D eigenvalue weighted by Gasteiger charge is -2.18. The number of ether oxygens (including phenoxy) is 1. The first kappa shape index (κ1) is 10.8. The molecule has 2 rings (SSSR count). The van der Waals surface area contributed by atoms with E-state index < -0.39 is 0 Å². The summed E-state index contributed by atoms with van der Waals surface area (Å²) >= 11 is 0. The summed E-state index contributed by atoms with van der Waals surface area (Å²) in [5.41, 5.74) is 7.93. The molecule has 0 aliphatic carbocycles. The van der Waals surface area contributed by atoms with Crippen LogP contribution in [-0.4, -0.2) is 26.3 Å². The van der Waals surface area contributed by atoms with Gasteiger partial charge in [-0.15, -0.1) is 0 Å².